The fourth-order valence-electron chi connectivity index (χ4n) is 5.00. The molecule has 0 saturated carbocycles. The van der Waals surface area contributed by atoms with E-state index in [4.69, 9.17) is 26.3 Å². The number of fused-ring (bicyclic) bond motifs is 2. The van der Waals surface area contributed by atoms with Crippen LogP contribution in [0.15, 0.2) is 70.6 Å². The molecule has 6 nitrogen and oxygen atoms in total. The van der Waals surface area contributed by atoms with Gasteiger partial charge < -0.3 is 19.7 Å². The summed E-state index contributed by atoms with van der Waals surface area (Å²) in [5, 5.41) is 15.5. The van der Waals surface area contributed by atoms with Crippen LogP contribution >= 0.6 is 11.6 Å². The number of hydrogen-bond acceptors (Lipinski definition) is 5. The van der Waals surface area contributed by atoms with Crippen molar-refractivity contribution in [1.82, 2.24) is 9.88 Å². The zero-order valence-corrected chi connectivity index (χ0v) is 20.8. The molecule has 2 aliphatic rings. The third-order valence-electron chi connectivity index (χ3n) is 6.98. The number of nitrogens with zero attached hydrogens (tertiary/aromatic N) is 3. The van der Waals surface area contributed by atoms with E-state index in [2.05, 4.69) is 16.8 Å². The molecule has 36 heavy (non-hydrogen) atoms. The van der Waals surface area contributed by atoms with Gasteiger partial charge in [-0.1, -0.05) is 42.8 Å². The van der Waals surface area contributed by atoms with E-state index in [0.717, 1.165) is 70.3 Å². The van der Waals surface area contributed by atoms with Crippen LogP contribution in [0.25, 0.3) is 22.8 Å². The first-order chi connectivity index (χ1) is 17.6. The minimum absolute atomic E-state index is 0.0953. The summed E-state index contributed by atoms with van der Waals surface area (Å²) in [6.45, 7) is 5.40. The summed E-state index contributed by atoms with van der Waals surface area (Å²) in [4.78, 5) is 14.9. The van der Waals surface area contributed by atoms with Crippen molar-refractivity contribution < 1.29 is 9.84 Å². The van der Waals surface area contributed by atoms with Crippen molar-refractivity contribution in [2.24, 2.45) is 9.98 Å². The van der Waals surface area contributed by atoms with Gasteiger partial charge in [-0.05, 0) is 67.1 Å². The van der Waals surface area contributed by atoms with Gasteiger partial charge in [0, 0.05) is 34.8 Å². The van der Waals surface area contributed by atoms with Crippen LogP contribution in [0, 0.1) is 0 Å². The highest BCUT2D eigenvalue weighted by atomic mass is 35.5. The fourth-order valence-corrected chi connectivity index (χ4v) is 5.27. The van der Waals surface area contributed by atoms with E-state index in [1.807, 2.05) is 66.7 Å². The van der Waals surface area contributed by atoms with Crippen molar-refractivity contribution in [1.29, 1.82) is 0 Å². The molecule has 182 valence electrons. The lowest BCUT2D eigenvalue weighted by Gasteiger charge is -2.31. The number of para-hydroxylation sites is 2. The Morgan fingerprint density at radius 1 is 1.06 bits per heavy atom. The van der Waals surface area contributed by atoms with Crippen molar-refractivity contribution in [3.8, 4) is 11.6 Å². The summed E-state index contributed by atoms with van der Waals surface area (Å²) < 4.78 is 6.34. The number of aromatic nitrogens is 1. The van der Waals surface area contributed by atoms with E-state index >= 15 is 0 Å². The highest BCUT2D eigenvalue weighted by molar-refractivity contribution is 6.30. The Labute approximate surface area is 213 Å². The molecule has 3 heterocycles. The van der Waals surface area contributed by atoms with Crippen LogP contribution < -0.4 is 25.9 Å². The largest absolute Gasteiger partial charge is 0.494 e. The van der Waals surface area contributed by atoms with E-state index in [1.165, 1.54) is 0 Å². The molecule has 3 aromatic carbocycles. The maximum absolute atomic E-state index is 10.8. The number of benzene rings is 3. The SMILES string of the molecule is CCN1CCC(Oc2ccc3[nH]c(O)c(C=c4cccc(Cl)c4=C4N=c5ccccc5=N4)c3c2)CC1. The number of aromatic hydroxyl groups is 1. The number of piperidine rings is 1. The molecular formula is C29H27ClN4O2. The number of ether oxygens (including phenoxy) is 1. The van der Waals surface area contributed by atoms with Gasteiger partial charge in [-0.2, -0.15) is 0 Å². The number of halogens is 1. The van der Waals surface area contributed by atoms with Gasteiger partial charge >= 0.3 is 0 Å². The molecule has 0 radical (unpaired) electrons. The molecule has 7 heteroatoms. The number of hydrogen-bond donors (Lipinski definition) is 2. The summed E-state index contributed by atoms with van der Waals surface area (Å²) in [5.41, 5.74) is 1.52. The topological polar surface area (TPSA) is 73.2 Å². The average molecular weight is 499 g/mol. The zero-order chi connectivity index (χ0) is 24.6. The summed E-state index contributed by atoms with van der Waals surface area (Å²) in [5.74, 6) is 1.47. The summed E-state index contributed by atoms with van der Waals surface area (Å²) in [6.07, 6.45) is 4.17. The van der Waals surface area contributed by atoms with Crippen LogP contribution in [-0.2, 0) is 0 Å². The monoisotopic (exact) mass is 498 g/mol. The van der Waals surface area contributed by atoms with Gasteiger partial charge in [0.15, 0.2) is 11.7 Å². The second-order valence-electron chi connectivity index (χ2n) is 9.23. The number of likely N-dealkylation sites (tertiary alicyclic amines) is 1. The van der Waals surface area contributed by atoms with E-state index < -0.39 is 0 Å². The molecule has 6 rings (SSSR count). The van der Waals surface area contributed by atoms with Crippen molar-refractivity contribution in [2.45, 2.75) is 25.9 Å². The first-order valence-corrected chi connectivity index (χ1v) is 12.7. The molecule has 1 aromatic heterocycles. The maximum Gasteiger partial charge on any atom is 0.196 e. The highest BCUT2D eigenvalue weighted by Crippen LogP contribution is 2.31. The normalized spacial score (nSPS) is 16.7. The van der Waals surface area contributed by atoms with Crippen LogP contribution in [0.3, 0.4) is 0 Å². The lowest BCUT2D eigenvalue weighted by molar-refractivity contribution is 0.104. The Balaban J connectivity index is 1.44. The molecule has 1 saturated heterocycles. The summed E-state index contributed by atoms with van der Waals surface area (Å²) in [7, 11) is 0. The van der Waals surface area contributed by atoms with Crippen LogP contribution in [0.5, 0.6) is 11.6 Å². The second-order valence-corrected chi connectivity index (χ2v) is 9.64. The van der Waals surface area contributed by atoms with Gasteiger partial charge in [-0.3, -0.25) is 0 Å². The van der Waals surface area contributed by atoms with Gasteiger partial charge in [-0.15, -0.1) is 0 Å². The minimum atomic E-state index is 0.0953. The smallest absolute Gasteiger partial charge is 0.196 e. The van der Waals surface area contributed by atoms with E-state index in [1.54, 1.807) is 0 Å². The molecular weight excluding hydrogens is 472 g/mol. The molecule has 4 aromatic rings. The fraction of sp³-hybridized carbons (Fsp3) is 0.241. The highest BCUT2D eigenvalue weighted by Gasteiger charge is 2.20. The Bertz CT molecular complexity index is 1660. The Morgan fingerprint density at radius 3 is 2.53 bits per heavy atom. The standard InChI is InChI=1S/C29H27ClN4O2/c1-2-34-14-12-19(13-15-34)36-20-10-11-24-21(17-20)22(29(35)33-24)16-18-6-5-7-23(30)27(18)28-31-25-8-3-4-9-26(25)32-28/h3-11,16-17,19,33,35H,2,12-15H2,1H3. The molecule has 0 bridgehead atoms. The van der Waals surface area contributed by atoms with Crippen LogP contribution in [0.4, 0.5) is 0 Å². The molecule has 0 aliphatic carbocycles. The van der Waals surface area contributed by atoms with Crippen molar-refractivity contribution in [2.75, 3.05) is 19.6 Å². The van der Waals surface area contributed by atoms with Crippen molar-refractivity contribution in [3.05, 3.63) is 92.4 Å². The van der Waals surface area contributed by atoms with Crippen molar-refractivity contribution in [3.63, 3.8) is 0 Å². The van der Waals surface area contributed by atoms with E-state index in [0.29, 0.717) is 16.4 Å². The quantitative estimate of drug-likeness (QED) is 0.453. The molecule has 1 fully saturated rings. The minimum Gasteiger partial charge on any atom is -0.494 e. The summed E-state index contributed by atoms with van der Waals surface area (Å²) >= 11 is 6.65. The average Bonchev–Trinajstić information content (AvgIpc) is 3.45. The lowest BCUT2D eigenvalue weighted by atomic mass is 10.1. The van der Waals surface area contributed by atoms with Gasteiger partial charge in [0.05, 0.1) is 15.7 Å². The van der Waals surface area contributed by atoms with E-state index in [-0.39, 0.29) is 12.0 Å². The van der Waals surface area contributed by atoms with Gasteiger partial charge in [0.1, 0.15) is 11.9 Å². The maximum atomic E-state index is 10.8. The van der Waals surface area contributed by atoms with Crippen LogP contribution in [0.2, 0.25) is 5.02 Å². The first kappa shape index (κ1) is 22.8. The predicted molar refractivity (Wildman–Crippen MR) is 142 cm³/mol. The summed E-state index contributed by atoms with van der Waals surface area (Å²) in [6, 6.07) is 19.4. The Kier molecular flexibility index (Phi) is 5.99. The first-order valence-electron chi connectivity index (χ1n) is 12.4. The Hall–Kier alpha value is -3.61. The molecule has 0 amide bonds. The van der Waals surface area contributed by atoms with Gasteiger partial charge in [0.2, 0.25) is 0 Å². The zero-order valence-electron chi connectivity index (χ0n) is 20.0. The van der Waals surface area contributed by atoms with E-state index in [9.17, 15) is 5.11 Å². The van der Waals surface area contributed by atoms with Gasteiger partial charge in [-0.25, -0.2) is 9.98 Å². The van der Waals surface area contributed by atoms with Crippen molar-refractivity contribution >= 4 is 34.4 Å². The lowest BCUT2D eigenvalue weighted by Crippen LogP contribution is -2.37. The third-order valence-corrected chi connectivity index (χ3v) is 7.29. The molecule has 2 N–H and O–H groups in total. The number of rotatable bonds is 4. The van der Waals surface area contributed by atoms with Gasteiger partial charge in [0.25, 0.3) is 0 Å². The number of H-pyrrole nitrogens is 1. The third kappa shape index (κ3) is 4.27. The Morgan fingerprint density at radius 2 is 1.81 bits per heavy atom. The second kappa shape index (κ2) is 9.45. The van der Waals surface area contributed by atoms with Crippen LogP contribution in [-0.4, -0.2) is 40.7 Å². The molecule has 0 unspecified atom stereocenters. The molecule has 2 aliphatic heterocycles. The van der Waals surface area contributed by atoms with Crippen LogP contribution in [0.1, 0.15) is 25.3 Å². The number of nitrogens with one attached hydrogen (secondary N) is 1. The predicted octanol–water partition coefficient (Wildman–Crippen LogP) is 3.24. The number of aromatic amines is 1. The molecule has 0 atom stereocenters. The molecule has 0 spiro atoms.